The molecule has 6 heteroatoms. The van der Waals surface area contributed by atoms with E-state index in [1.54, 1.807) is 24.6 Å². The van der Waals surface area contributed by atoms with Gasteiger partial charge in [-0.05, 0) is 18.4 Å². The molecule has 1 atom stereocenters. The molecule has 0 aromatic heterocycles. The summed E-state index contributed by atoms with van der Waals surface area (Å²) in [6, 6.07) is 9.97. The molecule has 1 fully saturated rings. The minimum atomic E-state index is -1.57. The predicted molar refractivity (Wildman–Crippen MR) is 122 cm³/mol. The van der Waals surface area contributed by atoms with Crippen molar-refractivity contribution in [2.75, 3.05) is 19.3 Å². The molecule has 0 saturated carbocycles. The van der Waals surface area contributed by atoms with E-state index in [0.29, 0.717) is 19.6 Å². The van der Waals surface area contributed by atoms with E-state index in [-0.39, 0.29) is 24.0 Å². The summed E-state index contributed by atoms with van der Waals surface area (Å²) < 4.78 is 0. The predicted octanol–water partition coefficient (Wildman–Crippen LogP) is 4.11. The molecule has 5 nitrogen and oxygen atoms in total. The van der Waals surface area contributed by atoms with Gasteiger partial charge in [0.2, 0.25) is 11.7 Å². The number of aliphatic hydroxyl groups is 1. The van der Waals surface area contributed by atoms with Crippen LogP contribution in [-0.2, 0) is 16.1 Å². The molecule has 2 aliphatic rings. The van der Waals surface area contributed by atoms with Crippen molar-refractivity contribution in [3.8, 4) is 0 Å². The van der Waals surface area contributed by atoms with Crippen LogP contribution in [0.25, 0.3) is 0 Å². The summed E-state index contributed by atoms with van der Waals surface area (Å²) in [5.74, 6) is -0.0982. The second-order valence-corrected chi connectivity index (χ2v) is 15.0. The lowest BCUT2D eigenvalue weighted by atomic mass is 9.78. The number of aliphatic hydroxyl groups excluding tert-OH is 1. The Balaban J connectivity index is 1.86. The van der Waals surface area contributed by atoms with Gasteiger partial charge in [-0.15, -0.1) is 0 Å². The average molecular weight is 426 g/mol. The highest BCUT2D eigenvalue weighted by Gasteiger charge is 2.48. The highest BCUT2D eigenvalue weighted by atomic mass is 28.3. The minimum absolute atomic E-state index is 0.0358. The summed E-state index contributed by atoms with van der Waals surface area (Å²) in [4.78, 5) is 30.7. The Kier molecular flexibility index (Phi) is 6.76. The highest BCUT2D eigenvalue weighted by molar-refractivity contribution is 6.76. The third kappa shape index (κ3) is 5.57. The van der Waals surface area contributed by atoms with E-state index in [9.17, 15) is 14.7 Å². The van der Waals surface area contributed by atoms with E-state index < -0.39 is 13.5 Å². The van der Waals surface area contributed by atoms with Gasteiger partial charge in [0, 0.05) is 38.0 Å². The van der Waals surface area contributed by atoms with Crippen molar-refractivity contribution in [1.82, 2.24) is 9.80 Å². The van der Waals surface area contributed by atoms with Crippen molar-refractivity contribution in [1.29, 1.82) is 0 Å². The van der Waals surface area contributed by atoms with Gasteiger partial charge in [-0.25, -0.2) is 0 Å². The number of carbonyl (C=O) groups is 2. The number of carbonyl (C=O) groups excluding carboxylic acids is 2. The Labute approximate surface area is 181 Å². The number of amides is 2. The van der Waals surface area contributed by atoms with E-state index in [2.05, 4.69) is 19.6 Å². The first-order valence-electron chi connectivity index (χ1n) is 10.7. The van der Waals surface area contributed by atoms with Crippen LogP contribution < -0.4 is 0 Å². The third-order valence-electron chi connectivity index (χ3n) is 5.54. The van der Waals surface area contributed by atoms with Gasteiger partial charge in [-0.2, -0.15) is 0 Å². The zero-order valence-electron chi connectivity index (χ0n) is 18.3. The quantitative estimate of drug-likeness (QED) is 0.528. The summed E-state index contributed by atoms with van der Waals surface area (Å²) in [5.41, 5.74) is -0.0378. The zero-order valence-corrected chi connectivity index (χ0v) is 19.3. The van der Waals surface area contributed by atoms with Crippen LogP contribution in [-0.4, -0.2) is 54.1 Å². The Hall–Kier alpha value is -2.47. The van der Waals surface area contributed by atoms with Crippen molar-refractivity contribution < 1.29 is 14.7 Å². The van der Waals surface area contributed by atoms with E-state index in [1.165, 1.54) is 0 Å². The second kappa shape index (κ2) is 9.12. The van der Waals surface area contributed by atoms with Gasteiger partial charge in [-0.3, -0.25) is 9.59 Å². The maximum absolute atomic E-state index is 13.5. The van der Waals surface area contributed by atoms with Gasteiger partial charge in [-0.1, -0.05) is 50.0 Å². The van der Waals surface area contributed by atoms with Crippen molar-refractivity contribution in [2.45, 2.75) is 45.4 Å². The van der Waals surface area contributed by atoms with Crippen LogP contribution in [0.3, 0.4) is 0 Å². The number of hydrogen-bond acceptors (Lipinski definition) is 3. The third-order valence-corrected chi connectivity index (χ3v) is 6.87. The van der Waals surface area contributed by atoms with E-state index >= 15 is 0 Å². The molecule has 0 spiro atoms. The molecule has 1 saturated heterocycles. The lowest BCUT2D eigenvalue weighted by Crippen LogP contribution is -2.48. The summed E-state index contributed by atoms with van der Waals surface area (Å²) in [7, 11) is -1.57. The summed E-state index contributed by atoms with van der Waals surface area (Å²) >= 11 is 0. The van der Waals surface area contributed by atoms with Gasteiger partial charge in [0.25, 0.3) is 5.91 Å². The summed E-state index contributed by atoms with van der Waals surface area (Å²) in [5, 5.41) is 10.2. The summed E-state index contributed by atoms with van der Waals surface area (Å²) in [6.45, 7) is 8.68. The molecule has 1 unspecified atom stereocenters. The molecule has 1 N–H and O–H groups in total. The van der Waals surface area contributed by atoms with Crippen LogP contribution in [0.5, 0.6) is 0 Å². The van der Waals surface area contributed by atoms with Crippen LogP contribution in [0, 0.1) is 11.8 Å². The molecule has 1 aromatic rings. The zero-order chi connectivity index (χ0) is 21.8. The van der Waals surface area contributed by atoms with E-state index in [4.69, 9.17) is 0 Å². The van der Waals surface area contributed by atoms with Gasteiger partial charge in [0.05, 0.1) is 27.0 Å². The molecular weight excluding hydrogens is 392 g/mol. The topological polar surface area (TPSA) is 60.9 Å². The monoisotopic (exact) mass is 425 g/mol. The number of allylic oxidation sites excluding steroid dienone is 1. The molecule has 160 valence electrons. The summed E-state index contributed by atoms with van der Waals surface area (Å²) in [6.07, 6.45) is 9.31. The fourth-order valence-corrected chi connectivity index (χ4v) is 5.62. The van der Waals surface area contributed by atoms with E-state index in [1.807, 2.05) is 40.1 Å². The number of likely N-dealkylation sites (tertiary alicyclic amines) is 1. The lowest BCUT2D eigenvalue weighted by molar-refractivity contribution is -0.142. The van der Waals surface area contributed by atoms with Crippen molar-refractivity contribution in [3.05, 3.63) is 66.3 Å². The fraction of sp³-hybridized carbons (Fsp3) is 0.458. The SMILES string of the molecule is C[Si](C)(C)CN(Cc1ccccc1)C(=O)CC1(C(=O)N2CCCC2)C=C[CH+]C(O)=C1. The van der Waals surface area contributed by atoms with Crippen LogP contribution >= 0.6 is 0 Å². The Morgan fingerprint density at radius 3 is 2.43 bits per heavy atom. The molecule has 0 bridgehead atoms. The van der Waals surface area contributed by atoms with Crippen LogP contribution in [0.2, 0.25) is 19.6 Å². The molecule has 1 aliphatic carbocycles. The van der Waals surface area contributed by atoms with Crippen LogP contribution in [0.1, 0.15) is 24.8 Å². The van der Waals surface area contributed by atoms with Gasteiger partial charge >= 0.3 is 0 Å². The molecule has 1 heterocycles. The Bertz CT molecular complexity index is 823. The Morgan fingerprint density at radius 1 is 1.17 bits per heavy atom. The largest absolute Gasteiger partial charge is 0.488 e. The highest BCUT2D eigenvalue weighted by Crippen LogP contribution is 2.36. The first kappa shape index (κ1) is 22.2. The molecular formula is C24H33N2O3Si+. The smallest absolute Gasteiger partial charge is 0.263 e. The molecule has 30 heavy (non-hydrogen) atoms. The molecule has 3 rings (SSSR count). The molecule has 2 amide bonds. The molecule has 0 radical (unpaired) electrons. The van der Waals surface area contributed by atoms with Gasteiger partial charge < -0.3 is 14.9 Å². The first-order valence-corrected chi connectivity index (χ1v) is 14.4. The lowest BCUT2D eigenvalue weighted by Gasteiger charge is -2.33. The standard InChI is InChI=1S/C24H32N2O3Si/c1-30(2,3)19-26(18-20-10-5-4-6-11-20)22(28)17-24(13-9-12-21(27)16-24)23(29)25-14-7-8-15-25/h4-6,9-13,16H,7-8,14-15,17-19H2,1-3H3/p+1. The molecule has 1 aliphatic heterocycles. The number of nitrogens with zero attached hydrogens (tertiary/aromatic N) is 2. The van der Waals surface area contributed by atoms with Crippen molar-refractivity contribution in [3.63, 3.8) is 0 Å². The van der Waals surface area contributed by atoms with Crippen molar-refractivity contribution in [2.24, 2.45) is 5.41 Å². The number of hydrogen-bond donors (Lipinski definition) is 1. The minimum Gasteiger partial charge on any atom is -0.488 e. The van der Waals surface area contributed by atoms with Gasteiger partial charge in [0.15, 0.2) is 5.41 Å². The maximum Gasteiger partial charge on any atom is 0.263 e. The van der Waals surface area contributed by atoms with Crippen LogP contribution in [0.15, 0.2) is 54.3 Å². The maximum atomic E-state index is 13.5. The number of rotatable bonds is 7. The van der Waals surface area contributed by atoms with E-state index in [0.717, 1.165) is 24.6 Å². The van der Waals surface area contributed by atoms with Crippen LogP contribution in [0.4, 0.5) is 0 Å². The Morgan fingerprint density at radius 2 is 1.83 bits per heavy atom. The molecule has 1 aromatic carbocycles. The first-order chi connectivity index (χ1) is 14.2. The second-order valence-electron chi connectivity index (χ2n) is 9.61. The number of benzene rings is 1. The fourth-order valence-electron chi connectivity index (χ4n) is 4.18. The normalized spacial score (nSPS) is 21.2. The van der Waals surface area contributed by atoms with Crippen molar-refractivity contribution >= 4 is 19.9 Å². The van der Waals surface area contributed by atoms with Gasteiger partial charge in [0.1, 0.15) is 0 Å². The average Bonchev–Trinajstić information content (AvgIpc) is 3.21.